The molecule has 1 aromatic carbocycles. The van der Waals surface area contributed by atoms with Crippen LogP contribution in [-0.4, -0.2) is 11.1 Å². The van der Waals surface area contributed by atoms with Crippen molar-refractivity contribution in [3.05, 3.63) is 29.3 Å². The van der Waals surface area contributed by atoms with E-state index in [0.717, 1.165) is 23.9 Å². The molecule has 2 saturated carbocycles. The molecule has 0 saturated heterocycles. The van der Waals surface area contributed by atoms with Crippen molar-refractivity contribution in [3.63, 3.8) is 0 Å². The maximum absolute atomic E-state index is 9.82. The maximum Gasteiger partial charge on any atom is 0.120 e. The van der Waals surface area contributed by atoms with Crippen LogP contribution in [0.5, 0.6) is 5.75 Å². The lowest BCUT2D eigenvalue weighted by Gasteiger charge is -2.18. The highest BCUT2D eigenvalue weighted by Gasteiger charge is 2.40. The summed E-state index contributed by atoms with van der Waals surface area (Å²) in [5.41, 5.74) is 2.25. The fourth-order valence-corrected chi connectivity index (χ4v) is 2.71. The van der Waals surface area contributed by atoms with E-state index in [1.54, 1.807) is 6.07 Å². The number of hydrogen-bond donors (Lipinski definition) is 2. The number of aromatic hydroxyl groups is 1. The molecule has 0 aliphatic heterocycles. The lowest BCUT2D eigenvalue weighted by Crippen LogP contribution is -2.32. The fourth-order valence-electron chi connectivity index (χ4n) is 2.71. The summed E-state index contributed by atoms with van der Waals surface area (Å²) >= 11 is 0. The van der Waals surface area contributed by atoms with Crippen LogP contribution in [0, 0.1) is 18.8 Å². The average Bonchev–Trinajstić information content (AvgIpc) is 3.14. The van der Waals surface area contributed by atoms with Crippen molar-refractivity contribution < 1.29 is 5.11 Å². The maximum atomic E-state index is 9.82. The summed E-state index contributed by atoms with van der Waals surface area (Å²) in [5.74, 6) is 2.25. The zero-order valence-electron chi connectivity index (χ0n) is 10.4. The Hall–Kier alpha value is -1.02. The molecule has 92 valence electrons. The zero-order valence-corrected chi connectivity index (χ0v) is 10.4. The second-order valence-corrected chi connectivity index (χ2v) is 5.71. The normalized spacial score (nSPS) is 19.9. The summed E-state index contributed by atoms with van der Waals surface area (Å²) in [6.07, 6.45) is 5.59. The van der Waals surface area contributed by atoms with E-state index in [1.807, 2.05) is 6.07 Å². The van der Waals surface area contributed by atoms with E-state index in [0.29, 0.717) is 11.8 Å². The van der Waals surface area contributed by atoms with E-state index in [9.17, 15) is 5.11 Å². The first-order valence-corrected chi connectivity index (χ1v) is 6.76. The van der Waals surface area contributed by atoms with Gasteiger partial charge in [0.15, 0.2) is 0 Å². The first-order valence-electron chi connectivity index (χ1n) is 6.76. The second-order valence-electron chi connectivity index (χ2n) is 5.71. The Labute approximate surface area is 103 Å². The van der Waals surface area contributed by atoms with Gasteiger partial charge in [-0.2, -0.15) is 0 Å². The van der Waals surface area contributed by atoms with Crippen LogP contribution in [-0.2, 0) is 6.54 Å². The zero-order chi connectivity index (χ0) is 11.8. The van der Waals surface area contributed by atoms with E-state index in [4.69, 9.17) is 0 Å². The van der Waals surface area contributed by atoms with E-state index in [-0.39, 0.29) is 0 Å². The van der Waals surface area contributed by atoms with Gasteiger partial charge in [0.1, 0.15) is 5.75 Å². The van der Waals surface area contributed by atoms with Crippen LogP contribution >= 0.6 is 0 Å². The molecule has 2 nitrogen and oxygen atoms in total. The Morgan fingerprint density at radius 3 is 2.47 bits per heavy atom. The van der Waals surface area contributed by atoms with Crippen molar-refractivity contribution in [2.75, 3.05) is 0 Å². The molecule has 1 aromatic rings. The monoisotopic (exact) mass is 231 g/mol. The Bertz CT molecular complexity index is 395. The van der Waals surface area contributed by atoms with Crippen LogP contribution in [0.15, 0.2) is 18.2 Å². The van der Waals surface area contributed by atoms with Crippen LogP contribution in [0.3, 0.4) is 0 Å². The molecule has 3 rings (SSSR count). The minimum atomic E-state index is 0.424. The highest BCUT2D eigenvalue weighted by Crippen LogP contribution is 2.44. The van der Waals surface area contributed by atoms with Gasteiger partial charge in [-0.1, -0.05) is 17.7 Å². The van der Waals surface area contributed by atoms with Crippen LogP contribution in [0.25, 0.3) is 0 Å². The number of phenolic OH excluding ortho intramolecular Hbond substituents is 1. The van der Waals surface area contributed by atoms with Crippen LogP contribution in [0.1, 0.15) is 36.8 Å². The first kappa shape index (κ1) is 11.1. The lowest BCUT2D eigenvalue weighted by molar-refractivity contribution is 0.406. The molecule has 0 aromatic heterocycles. The van der Waals surface area contributed by atoms with Crippen molar-refractivity contribution in [1.29, 1.82) is 0 Å². The van der Waals surface area contributed by atoms with Gasteiger partial charge >= 0.3 is 0 Å². The van der Waals surface area contributed by atoms with Crippen molar-refractivity contribution in [2.24, 2.45) is 11.8 Å². The third-order valence-electron chi connectivity index (χ3n) is 4.02. The first-order chi connectivity index (χ1) is 8.24. The van der Waals surface area contributed by atoms with E-state index in [1.165, 1.54) is 31.2 Å². The summed E-state index contributed by atoms with van der Waals surface area (Å²) in [6.45, 7) is 2.88. The largest absolute Gasteiger partial charge is 0.508 e. The van der Waals surface area contributed by atoms with Gasteiger partial charge in [0.2, 0.25) is 0 Å². The second kappa shape index (κ2) is 4.34. The van der Waals surface area contributed by atoms with E-state index >= 15 is 0 Å². The molecule has 0 heterocycles. The number of nitrogens with one attached hydrogen (secondary N) is 1. The van der Waals surface area contributed by atoms with Gasteiger partial charge < -0.3 is 10.4 Å². The molecular weight excluding hydrogens is 210 g/mol. The van der Waals surface area contributed by atoms with Gasteiger partial charge in [0, 0.05) is 18.2 Å². The Morgan fingerprint density at radius 1 is 1.24 bits per heavy atom. The summed E-state index contributed by atoms with van der Waals surface area (Å²) < 4.78 is 0. The predicted molar refractivity (Wildman–Crippen MR) is 68.9 cm³/mol. The Morgan fingerprint density at radius 2 is 1.88 bits per heavy atom. The average molecular weight is 231 g/mol. The van der Waals surface area contributed by atoms with Gasteiger partial charge in [-0.15, -0.1) is 0 Å². The smallest absolute Gasteiger partial charge is 0.120 e. The molecule has 0 radical (unpaired) electrons. The van der Waals surface area contributed by atoms with Gasteiger partial charge in [0.25, 0.3) is 0 Å². The molecule has 17 heavy (non-hydrogen) atoms. The molecule has 2 aliphatic rings. The Kier molecular flexibility index (Phi) is 2.83. The third kappa shape index (κ3) is 2.63. The minimum Gasteiger partial charge on any atom is -0.508 e. The van der Waals surface area contributed by atoms with Crippen LogP contribution < -0.4 is 5.32 Å². The summed E-state index contributed by atoms with van der Waals surface area (Å²) in [7, 11) is 0. The fraction of sp³-hybridized carbons (Fsp3) is 0.600. The standard InChI is InChI=1S/C15H21NO/c1-10-2-7-14(17)13(8-10)9-16-15(11-3-4-11)12-5-6-12/h2,7-8,11-12,15-17H,3-6,9H2,1H3. The van der Waals surface area contributed by atoms with Crippen molar-refractivity contribution in [2.45, 2.75) is 45.2 Å². The van der Waals surface area contributed by atoms with Gasteiger partial charge in [-0.05, 0) is 50.5 Å². The molecular formula is C15H21NO. The quantitative estimate of drug-likeness (QED) is 0.816. The van der Waals surface area contributed by atoms with Crippen molar-refractivity contribution in [3.8, 4) is 5.75 Å². The molecule has 0 atom stereocenters. The molecule has 2 aliphatic carbocycles. The molecule has 0 bridgehead atoms. The molecule has 2 heteroatoms. The van der Waals surface area contributed by atoms with Crippen molar-refractivity contribution in [1.82, 2.24) is 5.32 Å². The van der Waals surface area contributed by atoms with Gasteiger partial charge in [-0.25, -0.2) is 0 Å². The molecule has 0 unspecified atom stereocenters. The third-order valence-corrected chi connectivity index (χ3v) is 4.02. The summed E-state index contributed by atoms with van der Waals surface area (Å²) in [4.78, 5) is 0. The highest BCUT2D eigenvalue weighted by molar-refractivity contribution is 5.35. The van der Waals surface area contributed by atoms with Crippen LogP contribution in [0.4, 0.5) is 0 Å². The molecule has 2 fully saturated rings. The van der Waals surface area contributed by atoms with Gasteiger partial charge in [-0.3, -0.25) is 0 Å². The molecule has 0 amide bonds. The van der Waals surface area contributed by atoms with E-state index in [2.05, 4.69) is 18.3 Å². The Balaban J connectivity index is 1.63. The number of hydrogen-bond acceptors (Lipinski definition) is 2. The highest BCUT2D eigenvalue weighted by atomic mass is 16.3. The number of aryl methyl sites for hydroxylation is 1. The molecule has 0 spiro atoms. The topological polar surface area (TPSA) is 32.3 Å². The lowest BCUT2D eigenvalue weighted by atomic mass is 10.1. The number of phenols is 1. The van der Waals surface area contributed by atoms with Crippen molar-refractivity contribution >= 4 is 0 Å². The van der Waals surface area contributed by atoms with Gasteiger partial charge in [0.05, 0.1) is 0 Å². The summed E-state index contributed by atoms with van der Waals surface area (Å²) in [5, 5.41) is 13.5. The van der Waals surface area contributed by atoms with Crippen LogP contribution in [0.2, 0.25) is 0 Å². The van der Waals surface area contributed by atoms with E-state index < -0.39 is 0 Å². The SMILES string of the molecule is Cc1ccc(O)c(CNC(C2CC2)C2CC2)c1. The number of rotatable bonds is 5. The minimum absolute atomic E-state index is 0.424. The molecule has 2 N–H and O–H groups in total. The summed E-state index contributed by atoms with van der Waals surface area (Å²) in [6, 6.07) is 6.54. The predicted octanol–water partition coefficient (Wildman–Crippen LogP) is 2.98. The number of benzene rings is 1.